The minimum atomic E-state index is -0.280. The summed E-state index contributed by atoms with van der Waals surface area (Å²) in [5.74, 6) is 0. The maximum absolute atomic E-state index is 8.47. The van der Waals surface area contributed by atoms with Crippen molar-refractivity contribution in [1.29, 1.82) is 5.26 Å². The Hall–Kier alpha value is -1.04. The van der Waals surface area contributed by atoms with Crippen LogP contribution in [-0.4, -0.2) is 0 Å². The Morgan fingerprint density at radius 1 is 1.62 bits per heavy atom. The molecule has 2 N–H and O–H groups in total. The van der Waals surface area contributed by atoms with Crippen molar-refractivity contribution < 1.29 is 0 Å². The van der Waals surface area contributed by atoms with E-state index in [4.69, 9.17) is 22.6 Å². The Morgan fingerprint density at radius 3 is 2.85 bits per heavy atom. The van der Waals surface area contributed by atoms with Crippen LogP contribution in [0.5, 0.6) is 0 Å². The zero-order chi connectivity index (χ0) is 9.84. The van der Waals surface area contributed by atoms with Crippen LogP contribution < -0.4 is 5.73 Å². The second-order valence-electron chi connectivity index (χ2n) is 2.99. The molecule has 0 saturated heterocycles. The first-order valence-corrected chi connectivity index (χ1v) is 4.41. The van der Waals surface area contributed by atoms with E-state index in [1.807, 2.05) is 31.2 Å². The molecule has 0 saturated carbocycles. The highest BCUT2D eigenvalue weighted by atomic mass is 35.5. The lowest BCUT2D eigenvalue weighted by Gasteiger charge is -2.10. The van der Waals surface area contributed by atoms with E-state index in [0.717, 1.165) is 11.1 Å². The summed E-state index contributed by atoms with van der Waals surface area (Å²) in [6.45, 7) is 1.96. The van der Waals surface area contributed by atoms with Crippen LogP contribution in [-0.2, 0) is 0 Å². The molecule has 2 nitrogen and oxygen atoms in total. The molecule has 0 fully saturated rings. The second kappa shape index (κ2) is 4.27. The molecule has 0 aliphatic heterocycles. The van der Waals surface area contributed by atoms with Crippen LogP contribution in [0.1, 0.15) is 23.6 Å². The Bertz CT molecular complexity index is 341. The lowest BCUT2D eigenvalue weighted by atomic mass is 10.0. The van der Waals surface area contributed by atoms with Gasteiger partial charge < -0.3 is 5.73 Å². The first-order valence-electron chi connectivity index (χ1n) is 4.03. The van der Waals surface area contributed by atoms with Crippen LogP contribution in [0.2, 0.25) is 5.02 Å². The molecule has 1 aromatic carbocycles. The van der Waals surface area contributed by atoms with Gasteiger partial charge in [0.2, 0.25) is 0 Å². The zero-order valence-corrected chi connectivity index (χ0v) is 8.17. The molecule has 0 bridgehead atoms. The van der Waals surface area contributed by atoms with E-state index in [-0.39, 0.29) is 6.04 Å². The first kappa shape index (κ1) is 10.0. The molecule has 0 spiro atoms. The van der Waals surface area contributed by atoms with Crippen molar-refractivity contribution in [3.63, 3.8) is 0 Å². The third kappa shape index (κ3) is 2.45. The van der Waals surface area contributed by atoms with E-state index in [9.17, 15) is 0 Å². The van der Waals surface area contributed by atoms with E-state index < -0.39 is 0 Å². The smallest absolute Gasteiger partial charge is 0.0641 e. The van der Waals surface area contributed by atoms with Gasteiger partial charge in [-0.2, -0.15) is 5.26 Å². The topological polar surface area (TPSA) is 49.8 Å². The van der Waals surface area contributed by atoms with Crippen molar-refractivity contribution in [3.05, 3.63) is 34.3 Å². The summed E-state index contributed by atoms with van der Waals surface area (Å²) in [5, 5.41) is 9.11. The highest BCUT2D eigenvalue weighted by Crippen LogP contribution is 2.24. The number of nitrogens with two attached hydrogens (primary N) is 1. The number of benzene rings is 1. The van der Waals surface area contributed by atoms with Gasteiger partial charge in [-0.3, -0.25) is 0 Å². The van der Waals surface area contributed by atoms with Crippen LogP contribution >= 0.6 is 11.6 Å². The lowest BCUT2D eigenvalue weighted by Crippen LogP contribution is -2.09. The molecule has 0 aromatic heterocycles. The van der Waals surface area contributed by atoms with Gasteiger partial charge in [0.1, 0.15) is 0 Å². The van der Waals surface area contributed by atoms with Gasteiger partial charge in [0.25, 0.3) is 0 Å². The molecular weight excluding hydrogens is 184 g/mol. The van der Waals surface area contributed by atoms with E-state index in [1.165, 1.54) is 0 Å². The number of nitriles is 1. The minimum Gasteiger partial charge on any atom is -0.323 e. The number of nitrogens with zero attached hydrogens (tertiary/aromatic N) is 1. The quantitative estimate of drug-likeness (QED) is 0.787. The molecular formula is C10H11ClN2. The highest BCUT2D eigenvalue weighted by Gasteiger charge is 2.08. The normalized spacial score (nSPS) is 12.2. The van der Waals surface area contributed by atoms with Crippen LogP contribution in [0.15, 0.2) is 18.2 Å². The molecule has 1 rings (SSSR count). The van der Waals surface area contributed by atoms with Gasteiger partial charge in [-0.05, 0) is 24.1 Å². The van der Waals surface area contributed by atoms with Crippen LogP contribution in [0.25, 0.3) is 0 Å². The third-order valence-electron chi connectivity index (χ3n) is 1.87. The van der Waals surface area contributed by atoms with Gasteiger partial charge in [0.15, 0.2) is 0 Å². The fourth-order valence-corrected chi connectivity index (χ4v) is 1.52. The van der Waals surface area contributed by atoms with Crippen LogP contribution in [0.4, 0.5) is 0 Å². The van der Waals surface area contributed by atoms with E-state index in [0.29, 0.717) is 11.4 Å². The summed E-state index contributed by atoms with van der Waals surface area (Å²) in [5.41, 5.74) is 7.69. The van der Waals surface area contributed by atoms with E-state index >= 15 is 0 Å². The second-order valence-corrected chi connectivity index (χ2v) is 3.40. The minimum absolute atomic E-state index is 0.280. The van der Waals surface area contributed by atoms with Crippen molar-refractivity contribution in [2.45, 2.75) is 19.4 Å². The Kier molecular flexibility index (Phi) is 3.30. The van der Waals surface area contributed by atoms with Crippen LogP contribution in [0, 0.1) is 18.3 Å². The fraction of sp³-hybridized carbons (Fsp3) is 0.300. The summed E-state index contributed by atoms with van der Waals surface area (Å²) in [6.07, 6.45) is 0.294. The monoisotopic (exact) mass is 194 g/mol. The maximum Gasteiger partial charge on any atom is 0.0641 e. The van der Waals surface area contributed by atoms with E-state index in [1.54, 1.807) is 0 Å². The zero-order valence-electron chi connectivity index (χ0n) is 7.42. The molecule has 0 heterocycles. The number of halogens is 1. The SMILES string of the molecule is Cc1ccc([C@@H](N)CC#N)c(Cl)c1. The van der Waals surface area contributed by atoms with Crippen molar-refractivity contribution in [1.82, 2.24) is 0 Å². The third-order valence-corrected chi connectivity index (χ3v) is 2.19. The Balaban J connectivity index is 2.96. The van der Waals surface area contributed by atoms with E-state index in [2.05, 4.69) is 0 Å². The van der Waals surface area contributed by atoms with Gasteiger partial charge >= 0.3 is 0 Å². The van der Waals surface area contributed by atoms with Crippen molar-refractivity contribution >= 4 is 11.6 Å². The predicted molar refractivity (Wildman–Crippen MR) is 53.3 cm³/mol. The molecule has 1 atom stereocenters. The van der Waals surface area contributed by atoms with Gasteiger partial charge in [0.05, 0.1) is 12.5 Å². The number of rotatable bonds is 2. The molecule has 1 aromatic rings. The van der Waals surface area contributed by atoms with Crippen molar-refractivity contribution in [2.75, 3.05) is 0 Å². The summed E-state index contributed by atoms with van der Waals surface area (Å²) in [6, 6.07) is 7.42. The summed E-state index contributed by atoms with van der Waals surface area (Å²) >= 11 is 5.97. The first-order chi connectivity index (χ1) is 6.15. The summed E-state index contributed by atoms with van der Waals surface area (Å²) in [7, 11) is 0. The standard InChI is InChI=1S/C10H11ClN2/c1-7-2-3-8(9(11)6-7)10(13)4-5-12/h2-3,6,10H,4,13H2,1H3/t10-/m0/s1. The molecule has 13 heavy (non-hydrogen) atoms. The Morgan fingerprint density at radius 2 is 2.31 bits per heavy atom. The molecule has 0 aliphatic carbocycles. The number of aryl methyl sites for hydroxylation is 1. The van der Waals surface area contributed by atoms with Gasteiger partial charge in [-0.1, -0.05) is 23.7 Å². The molecule has 68 valence electrons. The number of hydrogen-bond acceptors (Lipinski definition) is 2. The maximum atomic E-state index is 8.47. The lowest BCUT2D eigenvalue weighted by molar-refractivity contribution is 0.748. The average molecular weight is 195 g/mol. The van der Waals surface area contributed by atoms with Gasteiger partial charge in [-0.15, -0.1) is 0 Å². The molecule has 0 amide bonds. The van der Waals surface area contributed by atoms with Crippen molar-refractivity contribution in [3.8, 4) is 6.07 Å². The van der Waals surface area contributed by atoms with Crippen LogP contribution in [0.3, 0.4) is 0 Å². The summed E-state index contributed by atoms with van der Waals surface area (Å²) in [4.78, 5) is 0. The Labute approximate surface area is 82.9 Å². The molecule has 0 aliphatic rings. The average Bonchev–Trinajstić information content (AvgIpc) is 2.04. The molecule has 0 unspecified atom stereocenters. The molecule has 3 heteroatoms. The number of hydrogen-bond donors (Lipinski definition) is 1. The van der Waals surface area contributed by atoms with Gasteiger partial charge in [0, 0.05) is 11.1 Å². The predicted octanol–water partition coefficient (Wildman–Crippen LogP) is 2.56. The van der Waals surface area contributed by atoms with Gasteiger partial charge in [-0.25, -0.2) is 0 Å². The highest BCUT2D eigenvalue weighted by molar-refractivity contribution is 6.31. The largest absolute Gasteiger partial charge is 0.323 e. The van der Waals surface area contributed by atoms with Crippen molar-refractivity contribution in [2.24, 2.45) is 5.73 Å². The molecule has 0 radical (unpaired) electrons. The summed E-state index contributed by atoms with van der Waals surface area (Å²) < 4.78 is 0. The fourth-order valence-electron chi connectivity index (χ4n) is 1.14.